The zero-order valence-electron chi connectivity index (χ0n) is 32.6. The molecule has 3 amide bonds. The summed E-state index contributed by atoms with van der Waals surface area (Å²) in [6, 6.07) is 30.7. The van der Waals surface area contributed by atoms with Crippen molar-refractivity contribution in [3.63, 3.8) is 0 Å². The van der Waals surface area contributed by atoms with Crippen molar-refractivity contribution < 1.29 is 24.5 Å². The molecule has 4 atom stereocenters. The van der Waals surface area contributed by atoms with E-state index < -0.39 is 30.4 Å². The first-order valence-electron chi connectivity index (χ1n) is 19.9. The number of hydrogen-bond donors (Lipinski definition) is 5. The quantitative estimate of drug-likeness (QED) is 0.104. The van der Waals surface area contributed by atoms with Gasteiger partial charge in [0.25, 0.3) is 5.91 Å². The van der Waals surface area contributed by atoms with Crippen LogP contribution in [0.3, 0.4) is 0 Å². The van der Waals surface area contributed by atoms with Gasteiger partial charge in [-0.05, 0) is 61.9 Å². The highest BCUT2D eigenvalue weighted by molar-refractivity contribution is 5.84. The van der Waals surface area contributed by atoms with Crippen LogP contribution < -0.4 is 16.0 Å². The monoisotopic (exact) mass is 775 g/mol. The molecule has 0 spiro atoms. The summed E-state index contributed by atoms with van der Waals surface area (Å²) in [5.74, 6) is 0.743. The summed E-state index contributed by atoms with van der Waals surface area (Å²) in [7, 11) is 1.80. The minimum atomic E-state index is -1.47. The highest BCUT2D eigenvalue weighted by Crippen LogP contribution is 2.33. The highest BCUT2D eigenvalue weighted by atomic mass is 16.6. The minimum absolute atomic E-state index is 0.0237. The number of benzene rings is 3. The van der Waals surface area contributed by atoms with Crippen molar-refractivity contribution in [3.8, 4) is 0 Å². The number of piperidine rings is 1. The Morgan fingerprint density at radius 1 is 0.895 bits per heavy atom. The third-order valence-corrected chi connectivity index (χ3v) is 11.0. The molecule has 14 heteroatoms. The maximum absolute atomic E-state index is 13.4. The lowest BCUT2D eigenvalue weighted by molar-refractivity contribution is -0.137. The molecular formula is C43H53N9O5. The first-order chi connectivity index (χ1) is 27.8. The summed E-state index contributed by atoms with van der Waals surface area (Å²) < 4.78 is 7.44. The SMILES string of the molecule is CCNC(=O)[C@H]1O[C@@H](n2cnc3c(NCC(c4ccccc4)c4ccccc4)nc(CNC(=O)N(C)CCC4CCN(Cc5ccccc5)CC4)nc32)[C@H](O)[C@@H]1O. The third-order valence-electron chi connectivity index (χ3n) is 11.0. The number of aliphatic hydroxyl groups excluding tert-OH is 2. The van der Waals surface area contributed by atoms with Gasteiger partial charge in [-0.1, -0.05) is 91.0 Å². The summed E-state index contributed by atoms with van der Waals surface area (Å²) in [6.45, 7) is 6.29. The van der Waals surface area contributed by atoms with Gasteiger partial charge in [-0.3, -0.25) is 14.3 Å². The van der Waals surface area contributed by atoms with Crippen LogP contribution in [0.2, 0.25) is 0 Å². The number of carbonyl (C=O) groups is 2. The molecule has 0 unspecified atom stereocenters. The molecule has 57 heavy (non-hydrogen) atoms. The molecule has 2 aromatic heterocycles. The average molecular weight is 776 g/mol. The Labute approximate surface area is 333 Å². The Morgan fingerprint density at radius 2 is 1.54 bits per heavy atom. The van der Waals surface area contributed by atoms with E-state index in [0.29, 0.717) is 48.4 Å². The molecule has 0 radical (unpaired) electrons. The summed E-state index contributed by atoms with van der Waals surface area (Å²) in [5, 5.41) is 31.0. The number of amides is 3. The van der Waals surface area contributed by atoms with Crippen LogP contribution in [0.5, 0.6) is 0 Å². The molecule has 5 aromatic rings. The first-order valence-corrected chi connectivity index (χ1v) is 19.9. The second-order valence-electron chi connectivity index (χ2n) is 15.0. The summed E-state index contributed by atoms with van der Waals surface area (Å²) in [6.07, 6.45) is -0.738. The van der Waals surface area contributed by atoms with Gasteiger partial charge in [0.1, 0.15) is 12.2 Å². The van der Waals surface area contributed by atoms with E-state index in [1.807, 2.05) is 42.5 Å². The molecule has 2 saturated heterocycles. The number of imidazole rings is 1. The Bertz CT molecular complexity index is 2020. The molecule has 2 fully saturated rings. The Balaban J connectivity index is 1.06. The van der Waals surface area contributed by atoms with Gasteiger partial charge in [0.05, 0.1) is 12.9 Å². The molecule has 0 saturated carbocycles. The zero-order valence-corrected chi connectivity index (χ0v) is 32.6. The molecule has 3 aromatic carbocycles. The summed E-state index contributed by atoms with van der Waals surface area (Å²) in [5.41, 5.74) is 4.29. The standard InChI is InChI=1S/C43H53N9O5/c1-3-44-41(55)38-36(53)37(54)42(57-38)52-28-47-35-39(45-25-33(31-15-9-5-10-16-31)32-17-11-6-12-18-32)48-34(49-40(35)52)26-46-43(56)50(2)22-19-29-20-23-51(24-21-29)27-30-13-7-4-8-14-30/h4-18,28-29,33,36-38,42,53-54H,3,19-27H2,1-2H3,(H,44,55)(H,46,56)(H,45,48,49)/t36-,37+,38-,42+/m0/s1. The van der Waals surface area contributed by atoms with Crippen LogP contribution in [-0.4, -0.2) is 110 Å². The van der Waals surface area contributed by atoms with Crippen molar-refractivity contribution in [2.45, 2.75) is 69.7 Å². The van der Waals surface area contributed by atoms with E-state index in [2.05, 4.69) is 74.4 Å². The lowest BCUT2D eigenvalue weighted by Crippen LogP contribution is -2.42. The second-order valence-corrected chi connectivity index (χ2v) is 15.0. The largest absolute Gasteiger partial charge is 0.387 e. The number of fused-ring (bicyclic) bond motifs is 1. The maximum atomic E-state index is 13.4. The number of nitrogens with one attached hydrogen (secondary N) is 3. The maximum Gasteiger partial charge on any atom is 0.317 e. The van der Waals surface area contributed by atoms with Crippen molar-refractivity contribution in [3.05, 3.63) is 120 Å². The number of urea groups is 1. The predicted octanol–water partition coefficient (Wildman–Crippen LogP) is 4.27. The van der Waals surface area contributed by atoms with Crippen molar-refractivity contribution in [2.24, 2.45) is 5.92 Å². The topological polar surface area (TPSA) is 170 Å². The minimum Gasteiger partial charge on any atom is -0.387 e. The van der Waals surface area contributed by atoms with Gasteiger partial charge >= 0.3 is 6.03 Å². The van der Waals surface area contributed by atoms with Crippen LogP contribution in [0.1, 0.15) is 60.8 Å². The smallest absolute Gasteiger partial charge is 0.317 e. The molecule has 0 bridgehead atoms. The fourth-order valence-electron chi connectivity index (χ4n) is 7.77. The normalized spacial score (nSPS) is 20.2. The van der Waals surface area contributed by atoms with Crippen LogP contribution >= 0.6 is 0 Å². The fraction of sp³-hybridized carbons (Fsp3) is 0.419. The van der Waals surface area contributed by atoms with Crippen LogP contribution in [0.25, 0.3) is 11.2 Å². The molecule has 14 nitrogen and oxygen atoms in total. The number of ether oxygens (including phenoxy) is 1. The van der Waals surface area contributed by atoms with Gasteiger partial charge in [0.2, 0.25) is 0 Å². The summed E-state index contributed by atoms with van der Waals surface area (Å²) >= 11 is 0. The number of anilines is 1. The molecule has 2 aliphatic heterocycles. The van der Waals surface area contributed by atoms with E-state index in [1.54, 1.807) is 18.9 Å². The molecule has 7 rings (SSSR count). The van der Waals surface area contributed by atoms with Crippen molar-refractivity contribution in [2.75, 3.05) is 45.1 Å². The fourth-order valence-corrected chi connectivity index (χ4v) is 7.77. The molecule has 300 valence electrons. The number of aliphatic hydroxyl groups is 2. The molecule has 4 heterocycles. The highest BCUT2D eigenvalue weighted by Gasteiger charge is 2.47. The molecule has 2 aliphatic rings. The van der Waals surface area contributed by atoms with E-state index in [0.717, 1.165) is 50.0 Å². The predicted molar refractivity (Wildman–Crippen MR) is 217 cm³/mol. The van der Waals surface area contributed by atoms with Crippen LogP contribution in [0, 0.1) is 5.92 Å². The Kier molecular flexibility index (Phi) is 13.1. The van der Waals surface area contributed by atoms with Crippen LogP contribution in [0.15, 0.2) is 97.3 Å². The number of likely N-dealkylation sites (N-methyl/N-ethyl adjacent to an activating group) is 1. The van der Waals surface area contributed by atoms with E-state index in [-0.39, 0.29) is 18.5 Å². The van der Waals surface area contributed by atoms with Crippen molar-refractivity contribution in [1.29, 1.82) is 0 Å². The van der Waals surface area contributed by atoms with E-state index in [1.165, 1.54) is 16.5 Å². The lowest BCUT2D eigenvalue weighted by atomic mass is 9.91. The number of carbonyl (C=O) groups excluding carboxylic acids is 2. The van der Waals surface area contributed by atoms with Crippen LogP contribution in [0.4, 0.5) is 10.6 Å². The van der Waals surface area contributed by atoms with Crippen LogP contribution in [-0.2, 0) is 22.6 Å². The average Bonchev–Trinajstić information content (AvgIpc) is 3.80. The van der Waals surface area contributed by atoms with Gasteiger partial charge in [-0.25, -0.2) is 19.7 Å². The van der Waals surface area contributed by atoms with Crippen molar-refractivity contribution in [1.82, 2.24) is 40.0 Å². The Hall–Kier alpha value is -5.41. The van der Waals surface area contributed by atoms with Gasteiger partial charge in [0.15, 0.2) is 35.1 Å². The zero-order chi connectivity index (χ0) is 39.7. The molecule has 0 aliphatic carbocycles. The third kappa shape index (κ3) is 9.59. The van der Waals surface area contributed by atoms with E-state index in [9.17, 15) is 19.8 Å². The van der Waals surface area contributed by atoms with E-state index in [4.69, 9.17) is 14.7 Å². The number of aromatic nitrogens is 4. The van der Waals surface area contributed by atoms with Gasteiger partial charge in [-0.15, -0.1) is 0 Å². The molecular weight excluding hydrogens is 723 g/mol. The molecule has 5 N–H and O–H groups in total. The number of rotatable bonds is 15. The van der Waals surface area contributed by atoms with Gasteiger partial charge in [-0.2, -0.15) is 0 Å². The lowest BCUT2D eigenvalue weighted by Gasteiger charge is -2.32. The van der Waals surface area contributed by atoms with Gasteiger partial charge < -0.3 is 35.8 Å². The summed E-state index contributed by atoms with van der Waals surface area (Å²) in [4.78, 5) is 44.5. The number of nitrogens with zero attached hydrogens (tertiary/aromatic N) is 6. The number of likely N-dealkylation sites (tertiary alicyclic amines) is 1. The van der Waals surface area contributed by atoms with Gasteiger partial charge in [0, 0.05) is 39.1 Å². The van der Waals surface area contributed by atoms with E-state index >= 15 is 0 Å². The second kappa shape index (κ2) is 18.7. The number of hydrogen-bond acceptors (Lipinski definition) is 10. The Morgan fingerprint density at radius 3 is 2.19 bits per heavy atom. The van der Waals surface area contributed by atoms with Crippen molar-refractivity contribution >= 4 is 28.9 Å². The first kappa shape index (κ1) is 39.8.